The van der Waals surface area contributed by atoms with Crippen LogP contribution in [0.25, 0.3) is 0 Å². The molecule has 0 aromatic carbocycles. The fourth-order valence-electron chi connectivity index (χ4n) is 2.72. The molecule has 0 radical (unpaired) electrons. The van der Waals surface area contributed by atoms with Crippen LogP contribution in [-0.2, 0) is 4.74 Å². The highest BCUT2D eigenvalue weighted by Crippen LogP contribution is 2.32. The number of nitrogens with zero attached hydrogens (tertiary/aromatic N) is 1. The van der Waals surface area contributed by atoms with Crippen molar-refractivity contribution in [1.29, 1.82) is 0 Å². The summed E-state index contributed by atoms with van der Waals surface area (Å²) in [5.41, 5.74) is 0.0311. The third-order valence-corrected chi connectivity index (χ3v) is 4.85. The molecule has 1 aliphatic rings. The van der Waals surface area contributed by atoms with Crippen LogP contribution in [0.5, 0.6) is 0 Å². The molecule has 0 aliphatic carbocycles. The molecule has 22 heavy (non-hydrogen) atoms. The Kier molecular flexibility index (Phi) is 4.80. The van der Waals surface area contributed by atoms with Gasteiger partial charge in [-0.25, -0.2) is 4.39 Å². The Bertz CT molecular complexity index is 627. The van der Waals surface area contributed by atoms with Gasteiger partial charge in [0.15, 0.2) is 5.82 Å². The number of carbonyl (C=O) groups is 1. The van der Waals surface area contributed by atoms with E-state index in [-0.39, 0.29) is 11.6 Å². The van der Waals surface area contributed by atoms with Crippen LogP contribution in [0.2, 0.25) is 0 Å². The summed E-state index contributed by atoms with van der Waals surface area (Å²) in [4.78, 5) is 17.2. The van der Waals surface area contributed by atoms with Gasteiger partial charge in [0, 0.05) is 24.3 Å². The predicted octanol–water partition coefficient (Wildman–Crippen LogP) is 3.18. The van der Waals surface area contributed by atoms with Crippen molar-refractivity contribution in [3.8, 4) is 0 Å². The van der Waals surface area contributed by atoms with Gasteiger partial charge in [0.1, 0.15) is 0 Å². The molecule has 0 spiro atoms. The lowest BCUT2D eigenvalue weighted by Crippen LogP contribution is -2.36. The fraction of sp³-hybridized carbons (Fsp3) is 0.375. The summed E-state index contributed by atoms with van der Waals surface area (Å²) >= 11 is 1.60. The number of ether oxygens (including phenoxy) is 1. The van der Waals surface area contributed by atoms with E-state index >= 15 is 0 Å². The number of carbonyl (C=O) groups excluding carboxylic acids is 1. The van der Waals surface area contributed by atoms with Crippen molar-refractivity contribution < 1.29 is 13.9 Å². The highest BCUT2D eigenvalue weighted by atomic mass is 32.1. The molecule has 3 rings (SSSR count). The quantitative estimate of drug-likeness (QED) is 0.941. The van der Waals surface area contributed by atoms with E-state index in [1.54, 1.807) is 11.3 Å². The topological polar surface area (TPSA) is 51.2 Å². The van der Waals surface area contributed by atoms with Gasteiger partial charge in [0.2, 0.25) is 0 Å². The van der Waals surface area contributed by atoms with Crippen molar-refractivity contribution in [3.05, 3.63) is 52.2 Å². The number of hydrogen-bond donors (Lipinski definition) is 1. The van der Waals surface area contributed by atoms with Gasteiger partial charge in [0.05, 0.1) is 17.8 Å². The number of aromatic nitrogens is 1. The zero-order chi connectivity index (χ0) is 15.4. The van der Waals surface area contributed by atoms with E-state index in [1.165, 1.54) is 12.3 Å². The molecule has 116 valence electrons. The molecule has 1 unspecified atom stereocenters. The molecule has 2 aromatic heterocycles. The Labute approximate surface area is 132 Å². The van der Waals surface area contributed by atoms with Crippen LogP contribution in [0, 0.1) is 11.7 Å². The summed E-state index contributed by atoms with van der Waals surface area (Å²) in [5.74, 6) is -0.692. The largest absolute Gasteiger partial charge is 0.381 e. The van der Waals surface area contributed by atoms with Gasteiger partial charge in [-0.05, 0) is 36.3 Å². The first-order chi connectivity index (χ1) is 10.8. The molecule has 1 aliphatic heterocycles. The van der Waals surface area contributed by atoms with E-state index in [4.69, 9.17) is 4.74 Å². The average molecular weight is 320 g/mol. The molecule has 3 heterocycles. The molecule has 4 nitrogen and oxygen atoms in total. The highest BCUT2D eigenvalue weighted by Gasteiger charge is 2.28. The SMILES string of the molecule is O=C(NC(c1cccs1)C1CCOCC1)c1ccncc1F. The monoisotopic (exact) mass is 320 g/mol. The fourth-order valence-corrected chi connectivity index (χ4v) is 3.59. The zero-order valence-electron chi connectivity index (χ0n) is 12.0. The van der Waals surface area contributed by atoms with Crippen molar-refractivity contribution in [2.45, 2.75) is 18.9 Å². The van der Waals surface area contributed by atoms with Gasteiger partial charge in [0.25, 0.3) is 5.91 Å². The van der Waals surface area contributed by atoms with Crippen molar-refractivity contribution in [2.24, 2.45) is 5.92 Å². The number of rotatable bonds is 4. The van der Waals surface area contributed by atoms with Gasteiger partial charge in [-0.15, -0.1) is 11.3 Å². The minimum absolute atomic E-state index is 0.0311. The van der Waals surface area contributed by atoms with E-state index in [2.05, 4.69) is 10.3 Å². The van der Waals surface area contributed by atoms with E-state index in [1.807, 2.05) is 17.5 Å². The van der Waals surface area contributed by atoms with Gasteiger partial charge in [-0.3, -0.25) is 9.78 Å². The Morgan fingerprint density at radius 2 is 2.23 bits per heavy atom. The van der Waals surface area contributed by atoms with Crippen molar-refractivity contribution in [1.82, 2.24) is 10.3 Å². The number of nitrogens with one attached hydrogen (secondary N) is 1. The minimum Gasteiger partial charge on any atom is -0.381 e. The van der Waals surface area contributed by atoms with Gasteiger partial charge in [-0.2, -0.15) is 0 Å². The summed E-state index contributed by atoms with van der Waals surface area (Å²) in [6.45, 7) is 1.40. The Morgan fingerprint density at radius 3 is 2.91 bits per heavy atom. The van der Waals surface area contributed by atoms with Gasteiger partial charge < -0.3 is 10.1 Å². The lowest BCUT2D eigenvalue weighted by molar-refractivity contribution is 0.0517. The van der Waals surface area contributed by atoms with Crippen LogP contribution in [0.3, 0.4) is 0 Å². The summed E-state index contributed by atoms with van der Waals surface area (Å²) in [6.07, 6.45) is 4.26. The minimum atomic E-state index is -0.600. The summed E-state index contributed by atoms with van der Waals surface area (Å²) in [6, 6.07) is 5.27. The maximum atomic E-state index is 13.7. The highest BCUT2D eigenvalue weighted by molar-refractivity contribution is 7.10. The molecule has 6 heteroatoms. The molecule has 0 saturated carbocycles. The number of halogens is 1. The van der Waals surface area contributed by atoms with Crippen LogP contribution in [0.4, 0.5) is 4.39 Å². The maximum absolute atomic E-state index is 13.7. The molecule has 0 bridgehead atoms. The maximum Gasteiger partial charge on any atom is 0.254 e. The van der Waals surface area contributed by atoms with Crippen molar-refractivity contribution >= 4 is 17.2 Å². The summed E-state index contributed by atoms with van der Waals surface area (Å²) in [7, 11) is 0. The molecule has 1 fully saturated rings. The normalized spacial score (nSPS) is 17.1. The first-order valence-corrected chi connectivity index (χ1v) is 8.15. The third-order valence-electron chi connectivity index (χ3n) is 3.89. The molecule has 1 saturated heterocycles. The number of pyridine rings is 1. The number of hydrogen-bond acceptors (Lipinski definition) is 4. The number of amides is 1. The Hall–Kier alpha value is -1.79. The van der Waals surface area contributed by atoms with E-state index in [9.17, 15) is 9.18 Å². The summed E-state index contributed by atoms with van der Waals surface area (Å²) < 4.78 is 19.1. The second kappa shape index (κ2) is 6.98. The Balaban J connectivity index is 1.81. The van der Waals surface area contributed by atoms with E-state index < -0.39 is 11.7 Å². The van der Waals surface area contributed by atoms with Gasteiger partial charge >= 0.3 is 0 Å². The van der Waals surface area contributed by atoms with E-state index in [0.717, 1.165) is 23.9 Å². The second-order valence-electron chi connectivity index (χ2n) is 5.27. The predicted molar refractivity (Wildman–Crippen MR) is 82.3 cm³/mol. The van der Waals surface area contributed by atoms with Crippen LogP contribution >= 0.6 is 11.3 Å². The zero-order valence-corrected chi connectivity index (χ0v) is 12.8. The second-order valence-corrected chi connectivity index (χ2v) is 6.25. The standard InChI is InChI=1S/C16H17FN2O2S/c17-13-10-18-6-3-12(13)16(20)19-15(14-2-1-9-22-14)11-4-7-21-8-5-11/h1-3,6,9-11,15H,4-5,7-8H2,(H,19,20). The smallest absolute Gasteiger partial charge is 0.254 e. The lowest BCUT2D eigenvalue weighted by Gasteiger charge is -2.30. The first kappa shape index (κ1) is 15.1. The van der Waals surface area contributed by atoms with Crippen LogP contribution in [0.1, 0.15) is 34.1 Å². The van der Waals surface area contributed by atoms with Crippen molar-refractivity contribution in [2.75, 3.05) is 13.2 Å². The van der Waals surface area contributed by atoms with Crippen LogP contribution in [0.15, 0.2) is 36.0 Å². The Morgan fingerprint density at radius 1 is 1.41 bits per heavy atom. The molecule has 1 N–H and O–H groups in total. The first-order valence-electron chi connectivity index (χ1n) is 7.27. The molecule has 1 amide bonds. The third kappa shape index (κ3) is 3.34. The van der Waals surface area contributed by atoms with Crippen molar-refractivity contribution in [3.63, 3.8) is 0 Å². The average Bonchev–Trinajstić information content (AvgIpc) is 3.08. The van der Waals surface area contributed by atoms with E-state index in [0.29, 0.717) is 19.1 Å². The summed E-state index contributed by atoms with van der Waals surface area (Å²) in [5, 5.41) is 4.98. The molecule has 2 aromatic rings. The van der Waals surface area contributed by atoms with Crippen LogP contribution < -0.4 is 5.32 Å². The molecular formula is C16H17FN2O2S. The lowest BCUT2D eigenvalue weighted by atomic mass is 9.90. The molecular weight excluding hydrogens is 303 g/mol. The van der Waals surface area contributed by atoms with Crippen LogP contribution in [-0.4, -0.2) is 24.1 Å². The van der Waals surface area contributed by atoms with Gasteiger partial charge in [-0.1, -0.05) is 6.07 Å². The number of thiophene rings is 1. The molecule has 1 atom stereocenters.